The minimum absolute atomic E-state index is 0.0672. The molecule has 1 aliphatic rings. The lowest BCUT2D eigenvalue weighted by molar-refractivity contribution is -0.155. The number of likely N-dealkylation sites (N-methyl/N-ethyl adjacent to an activating group) is 1. The Labute approximate surface area is 151 Å². The van der Waals surface area contributed by atoms with E-state index in [2.05, 4.69) is 43.9 Å². The number of rotatable bonds is 6. The molecule has 8 nitrogen and oxygen atoms in total. The van der Waals surface area contributed by atoms with E-state index in [0.717, 1.165) is 0 Å². The number of azide groups is 1. The fourth-order valence-electron chi connectivity index (χ4n) is 2.31. The SMILES string of the molecule is CN(C)C(=O)[C@@H](N=[N+]=[N-])[C@H](O[Si](C)(C)C(C)(C)C)[C@H]1COC(C)(C)O1. The van der Waals surface area contributed by atoms with Crippen molar-refractivity contribution >= 4 is 14.2 Å². The van der Waals surface area contributed by atoms with E-state index in [9.17, 15) is 4.79 Å². The first-order valence-corrected chi connectivity index (χ1v) is 11.4. The number of nitrogens with zero attached hydrogens (tertiary/aromatic N) is 4. The van der Waals surface area contributed by atoms with Gasteiger partial charge >= 0.3 is 0 Å². The summed E-state index contributed by atoms with van der Waals surface area (Å²) in [5.41, 5.74) is 8.99. The molecule has 1 fully saturated rings. The zero-order valence-electron chi connectivity index (χ0n) is 16.9. The molecule has 0 spiro atoms. The van der Waals surface area contributed by atoms with E-state index in [1.54, 1.807) is 14.1 Å². The first-order valence-electron chi connectivity index (χ1n) is 8.47. The van der Waals surface area contributed by atoms with Crippen LogP contribution in [0.15, 0.2) is 5.11 Å². The summed E-state index contributed by atoms with van der Waals surface area (Å²) in [6.07, 6.45) is -1.18. The van der Waals surface area contributed by atoms with Crippen LogP contribution in [0.25, 0.3) is 10.4 Å². The predicted octanol–water partition coefficient (Wildman–Crippen LogP) is 3.30. The van der Waals surface area contributed by atoms with Crippen molar-refractivity contribution in [1.29, 1.82) is 0 Å². The lowest BCUT2D eigenvalue weighted by Gasteiger charge is -2.42. The van der Waals surface area contributed by atoms with Gasteiger partial charge in [0.2, 0.25) is 5.91 Å². The van der Waals surface area contributed by atoms with E-state index in [4.69, 9.17) is 19.4 Å². The van der Waals surface area contributed by atoms with Crippen LogP contribution in [0.1, 0.15) is 34.6 Å². The van der Waals surface area contributed by atoms with Gasteiger partial charge < -0.3 is 18.8 Å². The Morgan fingerprint density at radius 2 is 1.96 bits per heavy atom. The Morgan fingerprint density at radius 1 is 1.40 bits per heavy atom. The standard InChI is InChI=1S/C16H32N4O4Si/c1-15(2,3)25(8,9)24-13(11-10-22-16(4,5)23-11)12(18-19-17)14(21)20(6)7/h11-13H,10H2,1-9H3/t11-,12+,13-/m1/s1. The molecular formula is C16H32N4O4Si. The van der Waals surface area contributed by atoms with Crippen LogP contribution in [0.5, 0.6) is 0 Å². The number of carbonyl (C=O) groups excluding carboxylic acids is 1. The van der Waals surface area contributed by atoms with Crippen molar-refractivity contribution in [2.45, 2.75) is 76.8 Å². The van der Waals surface area contributed by atoms with Gasteiger partial charge in [-0.05, 0) is 37.5 Å². The molecule has 1 rings (SSSR count). The van der Waals surface area contributed by atoms with Crippen LogP contribution in [0, 0.1) is 0 Å². The summed E-state index contributed by atoms with van der Waals surface area (Å²) < 4.78 is 18.1. The van der Waals surface area contributed by atoms with Gasteiger partial charge in [-0.25, -0.2) is 0 Å². The molecule has 0 radical (unpaired) electrons. The highest BCUT2D eigenvalue weighted by Gasteiger charge is 2.48. The van der Waals surface area contributed by atoms with Crippen molar-refractivity contribution < 1.29 is 18.7 Å². The van der Waals surface area contributed by atoms with E-state index in [1.807, 2.05) is 13.8 Å². The van der Waals surface area contributed by atoms with Gasteiger partial charge in [-0.2, -0.15) is 0 Å². The summed E-state index contributed by atoms with van der Waals surface area (Å²) in [7, 11) is 1.01. The van der Waals surface area contributed by atoms with Gasteiger partial charge in [0.1, 0.15) is 12.1 Å². The molecule has 0 bridgehead atoms. The molecule has 0 aromatic heterocycles. The van der Waals surface area contributed by atoms with E-state index in [1.165, 1.54) is 4.90 Å². The van der Waals surface area contributed by atoms with Crippen molar-refractivity contribution in [3.8, 4) is 0 Å². The van der Waals surface area contributed by atoms with Gasteiger partial charge in [0.25, 0.3) is 0 Å². The topological polar surface area (TPSA) is 96.8 Å². The minimum atomic E-state index is -2.24. The van der Waals surface area contributed by atoms with E-state index in [-0.39, 0.29) is 17.6 Å². The predicted molar refractivity (Wildman–Crippen MR) is 98.6 cm³/mol. The Hall–Kier alpha value is -1.12. The van der Waals surface area contributed by atoms with Crippen LogP contribution < -0.4 is 0 Å². The Balaban J connectivity index is 3.26. The fourth-order valence-corrected chi connectivity index (χ4v) is 3.63. The summed E-state index contributed by atoms with van der Waals surface area (Å²) in [5, 5.41) is 3.69. The molecule has 1 amide bonds. The highest BCUT2D eigenvalue weighted by molar-refractivity contribution is 6.74. The first-order chi connectivity index (χ1) is 11.2. The zero-order valence-corrected chi connectivity index (χ0v) is 17.9. The summed E-state index contributed by atoms with van der Waals surface area (Å²) in [6.45, 7) is 14.4. The average Bonchev–Trinajstić information content (AvgIpc) is 2.80. The third-order valence-corrected chi connectivity index (χ3v) is 9.29. The number of ether oxygens (including phenoxy) is 2. The maximum atomic E-state index is 12.6. The lowest BCUT2D eigenvalue weighted by atomic mass is 10.1. The van der Waals surface area contributed by atoms with Crippen molar-refractivity contribution in [3.63, 3.8) is 0 Å². The molecular weight excluding hydrogens is 340 g/mol. The second-order valence-electron chi connectivity index (χ2n) is 8.59. The minimum Gasteiger partial charge on any atom is -0.410 e. The number of hydrogen-bond donors (Lipinski definition) is 0. The molecule has 0 N–H and O–H groups in total. The molecule has 0 aromatic carbocycles. The van der Waals surface area contributed by atoms with Crippen molar-refractivity contribution in [1.82, 2.24) is 4.90 Å². The highest BCUT2D eigenvalue weighted by atomic mass is 28.4. The fraction of sp³-hybridized carbons (Fsp3) is 0.938. The van der Waals surface area contributed by atoms with Crippen LogP contribution in [-0.4, -0.2) is 63.9 Å². The molecule has 1 saturated heterocycles. The molecule has 1 aliphatic heterocycles. The van der Waals surface area contributed by atoms with E-state index < -0.39 is 32.4 Å². The van der Waals surface area contributed by atoms with E-state index in [0.29, 0.717) is 0 Å². The number of carbonyl (C=O) groups is 1. The van der Waals surface area contributed by atoms with Crippen LogP contribution in [0.2, 0.25) is 18.1 Å². The van der Waals surface area contributed by atoms with Crippen molar-refractivity contribution in [3.05, 3.63) is 10.4 Å². The van der Waals surface area contributed by atoms with Gasteiger partial charge in [0.05, 0.1) is 12.7 Å². The Kier molecular flexibility index (Phi) is 6.69. The molecule has 0 unspecified atom stereocenters. The summed E-state index contributed by atoms with van der Waals surface area (Å²) >= 11 is 0. The van der Waals surface area contributed by atoms with Crippen molar-refractivity contribution in [2.24, 2.45) is 5.11 Å². The van der Waals surface area contributed by atoms with Crippen LogP contribution in [0.4, 0.5) is 0 Å². The summed E-state index contributed by atoms with van der Waals surface area (Å²) in [6, 6.07) is -1.00. The number of hydrogen-bond acceptors (Lipinski definition) is 5. The molecule has 0 aliphatic carbocycles. The summed E-state index contributed by atoms with van der Waals surface area (Å²) in [5.74, 6) is -1.07. The molecule has 0 aromatic rings. The third kappa shape index (κ3) is 5.42. The first kappa shape index (κ1) is 21.9. The highest BCUT2D eigenvalue weighted by Crippen LogP contribution is 2.39. The maximum Gasteiger partial charge on any atom is 0.233 e. The Bertz CT molecular complexity index is 539. The van der Waals surface area contributed by atoms with Crippen LogP contribution in [0.3, 0.4) is 0 Å². The maximum absolute atomic E-state index is 12.6. The lowest BCUT2D eigenvalue weighted by Crippen LogP contribution is -2.55. The second-order valence-corrected chi connectivity index (χ2v) is 13.3. The van der Waals surface area contributed by atoms with E-state index >= 15 is 0 Å². The number of amides is 1. The van der Waals surface area contributed by atoms with Crippen LogP contribution in [-0.2, 0) is 18.7 Å². The molecule has 144 valence electrons. The third-order valence-electron chi connectivity index (χ3n) is 4.81. The van der Waals surface area contributed by atoms with Gasteiger partial charge in [-0.1, -0.05) is 25.9 Å². The monoisotopic (exact) mass is 372 g/mol. The molecule has 9 heteroatoms. The second kappa shape index (κ2) is 7.63. The van der Waals surface area contributed by atoms with Gasteiger partial charge in [-0.15, -0.1) is 0 Å². The van der Waals surface area contributed by atoms with Crippen molar-refractivity contribution in [2.75, 3.05) is 20.7 Å². The molecule has 1 heterocycles. The molecule has 3 atom stereocenters. The molecule has 25 heavy (non-hydrogen) atoms. The van der Waals surface area contributed by atoms with Gasteiger partial charge in [0.15, 0.2) is 14.1 Å². The van der Waals surface area contributed by atoms with Gasteiger partial charge in [-0.3, -0.25) is 4.79 Å². The molecule has 0 saturated carbocycles. The Morgan fingerprint density at radius 3 is 2.32 bits per heavy atom. The largest absolute Gasteiger partial charge is 0.410 e. The van der Waals surface area contributed by atoms with Crippen LogP contribution >= 0.6 is 0 Å². The smallest absolute Gasteiger partial charge is 0.233 e. The average molecular weight is 373 g/mol. The quantitative estimate of drug-likeness (QED) is 0.309. The zero-order chi connectivity index (χ0) is 19.6. The summed E-state index contributed by atoms with van der Waals surface area (Å²) in [4.78, 5) is 16.9. The van der Waals surface area contributed by atoms with Gasteiger partial charge in [0, 0.05) is 19.0 Å². The normalized spacial score (nSPS) is 22.8.